The van der Waals surface area contributed by atoms with Gasteiger partial charge in [-0.05, 0) is 49.1 Å². The van der Waals surface area contributed by atoms with Crippen molar-refractivity contribution in [1.29, 1.82) is 0 Å². The molecule has 6 heteroatoms. The molecule has 0 radical (unpaired) electrons. The van der Waals surface area contributed by atoms with E-state index >= 15 is 0 Å². The summed E-state index contributed by atoms with van der Waals surface area (Å²) in [5.41, 5.74) is 1.21. The Balaban J connectivity index is 1.37. The number of aromatic nitrogens is 1. The van der Waals surface area contributed by atoms with Crippen LogP contribution in [-0.2, 0) is 6.54 Å². The number of anilines is 1. The van der Waals surface area contributed by atoms with Gasteiger partial charge in [-0.1, -0.05) is 18.2 Å². The summed E-state index contributed by atoms with van der Waals surface area (Å²) in [6, 6.07) is 14.1. The molecule has 1 saturated heterocycles. The molecule has 144 valence electrons. The summed E-state index contributed by atoms with van der Waals surface area (Å²) >= 11 is 0. The van der Waals surface area contributed by atoms with E-state index in [1.807, 2.05) is 42.6 Å². The van der Waals surface area contributed by atoms with Gasteiger partial charge in [-0.15, -0.1) is 0 Å². The van der Waals surface area contributed by atoms with Crippen molar-refractivity contribution in [3.8, 4) is 5.75 Å². The highest BCUT2D eigenvalue weighted by Gasteiger charge is 2.13. The lowest BCUT2D eigenvalue weighted by Crippen LogP contribution is -2.37. The van der Waals surface area contributed by atoms with Crippen molar-refractivity contribution in [1.82, 2.24) is 15.6 Å². The zero-order chi connectivity index (χ0) is 18.7. The molecule has 1 aromatic heterocycles. The van der Waals surface area contributed by atoms with Gasteiger partial charge in [0.05, 0.1) is 6.61 Å². The fourth-order valence-electron chi connectivity index (χ4n) is 3.08. The Morgan fingerprint density at radius 1 is 1.15 bits per heavy atom. The molecule has 1 aliphatic rings. The Kier molecular flexibility index (Phi) is 7.33. The Bertz CT molecular complexity index is 714. The van der Waals surface area contributed by atoms with Crippen LogP contribution in [0.4, 0.5) is 5.82 Å². The van der Waals surface area contributed by atoms with Crippen molar-refractivity contribution in [2.75, 3.05) is 38.2 Å². The maximum absolute atomic E-state index is 5.70. The van der Waals surface area contributed by atoms with Crippen LogP contribution in [0.3, 0.4) is 0 Å². The van der Waals surface area contributed by atoms with E-state index in [9.17, 15) is 0 Å². The highest BCUT2D eigenvalue weighted by molar-refractivity contribution is 5.79. The lowest BCUT2D eigenvalue weighted by Gasteiger charge is -2.17. The van der Waals surface area contributed by atoms with E-state index < -0.39 is 0 Å². The normalized spacial score (nSPS) is 14.3. The number of guanidine groups is 1. The van der Waals surface area contributed by atoms with Gasteiger partial charge in [0.25, 0.3) is 0 Å². The highest BCUT2D eigenvalue weighted by atomic mass is 16.5. The Labute approximate surface area is 161 Å². The summed E-state index contributed by atoms with van der Waals surface area (Å²) in [4.78, 5) is 11.1. The van der Waals surface area contributed by atoms with Gasteiger partial charge in [0.2, 0.25) is 0 Å². The fraction of sp³-hybridized carbons (Fsp3) is 0.429. The number of nitrogens with zero attached hydrogens (tertiary/aromatic N) is 3. The third kappa shape index (κ3) is 6.16. The number of ether oxygens (including phenoxy) is 1. The number of hydrogen-bond acceptors (Lipinski definition) is 4. The van der Waals surface area contributed by atoms with Crippen molar-refractivity contribution in [2.24, 2.45) is 4.99 Å². The van der Waals surface area contributed by atoms with Gasteiger partial charge in [-0.25, -0.2) is 4.98 Å². The maximum atomic E-state index is 5.70. The summed E-state index contributed by atoms with van der Waals surface area (Å²) in [5, 5.41) is 6.69. The lowest BCUT2D eigenvalue weighted by atomic mass is 10.2. The quantitative estimate of drug-likeness (QED) is 0.427. The average molecular weight is 367 g/mol. The van der Waals surface area contributed by atoms with Gasteiger partial charge in [0.1, 0.15) is 11.6 Å². The van der Waals surface area contributed by atoms with E-state index in [0.717, 1.165) is 50.1 Å². The number of aliphatic imine (C=N–C) groups is 1. The second kappa shape index (κ2) is 10.4. The van der Waals surface area contributed by atoms with Gasteiger partial charge in [0.15, 0.2) is 5.96 Å². The molecule has 0 bridgehead atoms. The van der Waals surface area contributed by atoms with Crippen LogP contribution in [0.1, 0.15) is 24.8 Å². The van der Waals surface area contributed by atoms with Crippen LogP contribution in [0.2, 0.25) is 0 Å². The van der Waals surface area contributed by atoms with Crippen molar-refractivity contribution in [3.63, 3.8) is 0 Å². The molecule has 1 fully saturated rings. The van der Waals surface area contributed by atoms with E-state index in [1.165, 1.54) is 18.4 Å². The molecule has 2 aromatic rings. The first-order valence-corrected chi connectivity index (χ1v) is 9.67. The van der Waals surface area contributed by atoms with Crippen LogP contribution < -0.4 is 20.3 Å². The highest BCUT2D eigenvalue weighted by Crippen LogP contribution is 2.18. The van der Waals surface area contributed by atoms with Gasteiger partial charge in [0, 0.05) is 39.4 Å². The van der Waals surface area contributed by atoms with Crippen LogP contribution in [0.15, 0.2) is 53.7 Å². The molecule has 1 aliphatic heterocycles. The average Bonchev–Trinajstić information content (AvgIpc) is 3.26. The number of para-hydroxylation sites is 1. The number of rotatable bonds is 8. The van der Waals surface area contributed by atoms with Crippen molar-refractivity contribution < 1.29 is 4.74 Å². The van der Waals surface area contributed by atoms with Gasteiger partial charge < -0.3 is 20.3 Å². The molecule has 27 heavy (non-hydrogen) atoms. The minimum Gasteiger partial charge on any atom is -0.494 e. The Morgan fingerprint density at radius 2 is 1.96 bits per heavy atom. The molecule has 1 aromatic carbocycles. The third-order valence-corrected chi connectivity index (χ3v) is 4.55. The molecule has 3 rings (SSSR count). The first kappa shape index (κ1) is 19.0. The Hall–Kier alpha value is -2.76. The Morgan fingerprint density at radius 3 is 2.74 bits per heavy atom. The van der Waals surface area contributed by atoms with Crippen LogP contribution in [-0.4, -0.2) is 44.2 Å². The molecule has 2 N–H and O–H groups in total. The molecular weight excluding hydrogens is 338 g/mol. The minimum atomic E-state index is 0.678. The molecule has 0 aliphatic carbocycles. The van der Waals surface area contributed by atoms with Gasteiger partial charge in [-0.3, -0.25) is 4.99 Å². The monoisotopic (exact) mass is 367 g/mol. The van der Waals surface area contributed by atoms with Crippen LogP contribution in [0.25, 0.3) is 0 Å². The summed E-state index contributed by atoms with van der Waals surface area (Å²) < 4.78 is 5.70. The SMILES string of the molecule is CN=C(NCCCOc1ccccc1)NCc1ccnc(N2CCCC2)c1. The second-order valence-corrected chi connectivity index (χ2v) is 6.58. The van der Waals surface area contributed by atoms with E-state index in [4.69, 9.17) is 4.74 Å². The zero-order valence-electron chi connectivity index (χ0n) is 16.0. The summed E-state index contributed by atoms with van der Waals surface area (Å²) in [6.07, 6.45) is 5.31. The first-order valence-electron chi connectivity index (χ1n) is 9.67. The minimum absolute atomic E-state index is 0.678. The number of pyridine rings is 1. The largest absolute Gasteiger partial charge is 0.494 e. The number of nitrogens with one attached hydrogen (secondary N) is 2. The van der Waals surface area contributed by atoms with Gasteiger partial charge >= 0.3 is 0 Å². The van der Waals surface area contributed by atoms with Gasteiger partial charge in [-0.2, -0.15) is 0 Å². The van der Waals surface area contributed by atoms with E-state index in [-0.39, 0.29) is 0 Å². The summed E-state index contributed by atoms with van der Waals surface area (Å²) in [5.74, 6) is 2.79. The number of hydrogen-bond donors (Lipinski definition) is 2. The van der Waals surface area contributed by atoms with Crippen molar-refractivity contribution >= 4 is 11.8 Å². The molecule has 0 unspecified atom stereocenters. The summed E-state index contributed by atoms with van der Waals surface area (Å²) in [7, 11) is 1.79. The van der Waals surface area contributed by atoms with Crippen molar-refractivity contribution in [2.45, 2.75) is 25.8 Å². The van der Waals surface area contributed by atoms with Crippen molar-refractivity contribution in [3.05, 3.63) is 54.2 Å². The lowest BCUT2D eigenvalue weighted by molar-refractivity contribution is 0.311. The molecule has 0 amide bonds. The van der Waals surface area contributed by atoms with Crippen LogP contribution in [0.5, 0.6) is 5.75 Å². The molecule has 0 spiro atoms. The first-order chi connectivity index (χ1) is 13.3. The standard InChI is InChI=1S/C21H29N5O/c1-22-21(24-11-7-15-27-19-8-3-2-4-9-19)25-17-18-10-12-23-20(16-18)26-13-5-6-14-26/h2-4,8-10,12,16H,5-7,11,13-15,17H2,1H3,(H2,22,24,25). The third-order valence-electron chi connectivity index (χ3n) is 4.55. The topological polar surface area (TPSA) is 61.8 Å². The molecule has 0 saturated carbocycles. The van der Waals surface area contributed by atoms with Crippen LogP contribution in [0, 0.1) is 0 Å². The van der Waals surface area contributed by atoms with E-state index in [2.05, 4.69) is 31.6 Å². The predicted molar refractivity (Wildman–Crippen MR) is 110 cm³/mol. The smallest absolute Gasteiger partial charge is 0.191 e. The second-order valence-electron chi connectivity index (χ2n) is 6.58. The fourth-order valence-corrected chi connectivity index (χ4v) is 3.08. The summed E-state index contributed by atoms with van der Waals surface area (Å²) in [6.45, 7) is 4.43. The predicted octanol–water partition coefficient (Wildman–Crippen LogP) is 2.82. The molecular formula is C21H29N5O. The molecule has 0 atom stereocenters. The zero-order valence-corrected chi connectivity index (χ0v) is 16.0. The van der Waals surface area contributed by atoms with Crippen LogP contribution >= 0.6 is 0 Å². The molecule has 2 heterocycles. The number of benzene rings is 1. The van der Waals surface area contributed by atoms with E-state index in [0.29, 0.717) is 6.61 Å². The maximum Gasteiger partial charge on any atom is 0.191 e. The van der Waals surface area contributed by atoms with E-state index in [1.54, 1.807) is 7.05 Å². The molecule has 6 nitrogen and oxygen atoms in total.